The molecule has 1 aromatic rings. The van der Waals surface area contributed by atoms with Crippen molar-refractivity contribution in [2.45, 2.75) is 13.3 Å². The zero-order chi connectivity index (χ0) is 14.0. The van der Waals surface area contributed by atoms with E-state index in [0.29, 0.717) is 35.0 Å². The monoisotopic (exact) mass is 328 g/mol. The minimum Gasteiger partial charge on any atom is -0.338 e. The predicted molar refractivity (Wildman–Crippen MR) is 76.3 cm³/mol. The molecule has 5 heteroatoms. The van der Waals surface area contributed by atoms with Crippen molar-refractivity contribution in [3.8, 4) is 0 Å². The van der Waals surface area contributed by atoms with Gasteiger partial charge in [-0.3, -0.25) is 4.79 Å². The number of hydrogen-bond acceptors (Lipinski definition) is 2. The van der Waals surface area contributed by atoms with E-state index in [1.807, 2.05) is 4.90 Å². The van der Waals surface area contributed by atoms with Gasteiger partial charge in [0, 0.05) is 17.6 Å². The van der Waals surface area contributed by atoms with Gasteiger partial charge in [-0.05, 0) is 58.9 Å². The fraction of sp³-hybridized carbons (Fsp3) is 0.500. The van der Waals surface area contributed by atoms with Crippen LogP contribution < -0.4 is 5.73 Å². The molecule has 0 bridgehead atoms. The summed E-state index contributed by atoms with van der Waals surface area (Å²) in [6.07, 6.45) is 0.965. The van der Waals surface area contributed by atoms with Gasteiger partial charge in [-0.25, -0.2) is 4.39 Å². The van der Waals surface area contributed by atoms with Crippen molar-refractivity contribution >= 4 is 21.8 Å². The van der Waals surface area contributed by atoms with E-state index in [4.69, 9.17) is 5.73 Å². The van der Waals surface area contributed by atoms with Crippen LogP contribution >= 0.6 is 15.9 Å². The Morgan fingerprint density at radius 2 is 2.32 bits per heavy atom. The molecule has 1 aliphatic rings. The molecule has 1 fully saturated rings. The van der Waals surface area contributed by atoms with Crippen molar-refractivity contribution in [1.29, 1.82) is 0 Å². The quantitative estimate of drug-likeness (QED) is 0.907. The summed E-state index contributed by atoms with van der Waals surface area (Å²) in [4.78, 5) is 14.2. The van der Waals surface area contributed by atoms with E-state index in [0.717, 1.165) is 13.0 Å². The number of benzene rings is 1. The summed E-state index contributed by atoms with van der Waals surface area (Å²) in [6, 6.07) is 4.16. The SMILES string of the molecule is CC1CCN(C(=O)c2ccc(F)cc2Br)CC1CN. The minimum atomic E-state index is -0.351. The maximum atomic E-state index is 13.0. The second-order valence-corrected chi connectivity index (χ2v) is 5.99. The Morgan fingerprint density at radius 3 is 2.95 bits per heavy atom. The molecule has 0 aliphatic carbocycles. The average Bonchev–Trinajstić information content (AvgIpc) is 2.38. The van der Waals surface area contributed by atoms with Crippen LogP contribution in [-0.4, -0.2) is 30.4 Å². The molecule has 3 nitrogen and oxygen atoms in total. The highest BCUT2D eigenvalue weighted by atomic mass is 79.9. The predicted octanol–water partition coefficient (Wildman–Crippen LogP) is 2.65. The third-order valence-electron chi connectivity index (χ3n) is 3.87. The first-order valence-corrected chi connectivity index (χ1v) is 7.26. The first-order chi connectivity index (χ1) is 9.02. The van der Waals surface area contributed by atoms with E-state index in [-0.39, 0.29) is 11.7 Å². The van der Waals surface area contributed by atoms with Gasteiger partial charge in [-0.2, -0.15) is 0 Å². The minimum absolute atomic E-state index is 0.0581. The Hall–Kier alpha value is -0.940. The number of nitrogens with two attached hydrogens (primary N) is 1. The van der Waals surface area contributed by atoms with E-state index in [1.165, 1.54) is 18.2 Å². The molecule has 0 saturated carbocycles. The van der Waals surface area contributed by atoms with Crippen LogP contribution in [0.5, 0.6) is 0 Å². The normalized spacial score (nSPS) is 23.5. The average molecular weight is 329 g/mol. The summed E-state index contributed by atoms with van der Waals surface area (Å²) in [5.74, 6) is 0.482. The number of rotatable bonds is 2. The maximum Gasteiger partial charge on any atom is 0.255 e. The van der Waals surface area contributed by atoms with Crippen molar-refractivity contribution in [2.75, 3.05) is 19.6 Å². The molecule has 104 valence electrons. The number of likely N-dealkylation sites (tertiary alicyclic amines) is 1. The third-order valence-corrected chi connectivity index (χ3v) is 4.52. The summed E-state index contributed by atoms with van der Waals surface area (Å²) in [7, 11) is 0. The zero-order valence-corrected chi connectivity index (χ0v) is 12.5. The molecule has 2 unspecified atom stereocenters. The number of amides is 1. The van der Waals surface area contributed by atoms with Gasteiger partial charge < -0.3 is 10.6 Å². The molecular weight excluding hydrogens is 311 g/mol. The largest absolute Gasteiger partial charge is 0.338 e. The fourth-order valence-electron chi connectivity index (χ4n) is 2.47. The Bertz CT molecular complexity index is 481. The molecular formula is C14H18BrFN2O. The topological polar surface area (TPSA) is 46.3 Å². The molecule has 0 aromatic heterocycles. The number of carbonyl (C=O) groups excluding carboxylic acids is 1. The van der Waals surface area contributed by atoms with Gasteiger partial charge in [0.15, 0.2) is 0 Å². The number of piperidine rings is 1. The molecule has 2 atom stereocenters. The van der Waals surface area contributed by atoms with Gasteiger partial charge in [-0.1, -0.05) is 6.92 Å². The highest BCUT2D eigenvalue weighted by molar-refractivity contribution is 9.10. The van der Waals surface area contributed by atoms with Crippen LogP contribution in [0.3, 0.4) is 0 Å². The van der Waals surface area contributed by atoms with Crippen molar-refractivity contribution in [3.05, 3.63) is 34.1 Å². The summed E-state index contributed by atoms with van der Waals surface area (Å²) >= 11 is 3.25. The second kappa shape index (κ2) is 6.01. The Balaban J connectivity index is 2.15. The molecule has 1 aromatic carbocycles. The van der Waals surface area contributed by atoms with Crippen molar-refractivity contribution in [2.24, 2.45) is 17.6 Å². The Morgan fingerprint density at radius 1 is 1.58 bits per heavy atom. The molecule has 1 amide bonds. The number of halogens is 2. The first-order valence-electron chi connectivity index (χ1n) is 6.47. The second-order valence-electron chi connectivity index (χ2n) is 5.14. The van der Waals surface area contributed by atoms with E-state index in [1.54, 1.807) is 0 Å². The molecule has 0 spiro atoms. The van der Waals surface area contributed by atoms with Crippen LogP contribution in [0, 0.1) is 17.7 Å². The van der Waals surface area contributed by atoms with Gasteiger partial charge >= 0.3 is 0 Å². The summed E-state index contributed by atoms with van der Waals surface area (Å²) in [5.41, 5.74) is 6.25. The molecule has 2 rings (SSSR count). The lowest BCUT2D eigenvalue weighted by Gasteiger charge is -2.36. The number of nitrogens with zero attached hydrogens (tertiary/aromatic N) is 1. The molecule has 19 heavy (non-hydrogen) atoms. The summed E-state index contributed by atoms with van der Waals surface area (Å²) in [6.45, 7) is 4.18. The van der Waals surface area contributed by atoms with Gasteiger partial charge in [0.2, 0.25) is 0 Å². The summed E-state index contributed by atoms with van der Waals surface area (Å²) < 4.78 is 13.5. The highest BCUT2D eigenvalue weighted by Gasteiger charge is 2.29. The van der Waals surface area contributed by atoms with E-state index in [2.05, 4.69) is 22.9 Å². The molecule has 1 saturated heterocycles. The summed E-state index contributed by atoms with van der Waals surface area (Å²) in [5, 5.41) is 0. The van der Waals surface area contributed by atoms with Crippen LogP contribution in [0.1, 0.15) is 23.7 Å². The van der Waals surface area contributed by atoms with E-state index in [9.17, 15) is 9.18 Å². The van der Waals surface area contributed by atoms with Crippen molar-refractivity contribution < 1.29 is 9.18 Å². The number of carbonyl (C=O) groups is 1. The Labute approximate surface area is 121 Å². The molecule has 1 heterocycles. The van der Waals surface area contributed by atoms with E-state index < -0.39 is 0 Å². The van der Waals surface area contributed by atoms with Crippen LogP contribution in [0.15, 0.2) is 22.7 Å². The third kappa shape index (κ3) is 3.15. The highest BCUT2D eigenvalue weighted by Crippen LogP contribution is 2.26. The Kier molecular flexibility index (Phi) is 4.58. The van der Waals surface area contributed by atoms with Crippen LogP contribution in [0.2, 0.25) is 0 Å². The molecule has 1 aliphatic heterocycles. The van der Waals surface area contributed by atoms with Crippen molar-refractivity contribution in [3.63, 3.8) is 0 Å². The number of hydrogen-bond donors (Lipinski definition) is 1. The van der Waals surface area contributed by atoms with Crippen molar-refractivity contribution in [1.82, 2.24) is 4.90 Å². The maximum absolute atomic E-state index is 13.0. The zero-order valence-electron chi connectivity index (χ0n) is 10.9. The molecule has 0 radical (unpaired) electrons. The smallest absolute Gasteiger partial charge is 0.255 e. The van der Waals surface area contributed by atoms with Gasteiger partial charge in [0.1, 0.15) is 5.82 Å². The first kappa shape index (κ1) is 14.5. The van der Waals surface area contributed by atoms with Gasteiger partial charge in [-0.15, -0.1) is 0 Å². The molecule has 2 N–H and O–H groups in total. The van der Waals surface area contributed by atoms with E-state index >= 15 is 0 Å². The van der Waals surface area contributed by atoms with Crippen LogP contribution in [-0.2, 0) is 0 Å². The van der Waals surface area contributed by atoms with Crippen LogP contribution in [0.25, 0.3) is 0 Å². The lowest BCUT2D eigenvalue weighted by atomic mass is 9.87. The standard InChI is InChI=1S/C14H18BrFN2O/c1-9-4-5-18(8-10(9)7-17)14(19)12-3-2-11(16)6-13(12)15/h2-3,6,9-10H,4-5,7-8,17H2,1H3. The van der Waals surface area contributed by atoms with Crippen LogP contribution in [0.4, 0.5) is 4.39 Å². The van der Waals surface area contributed by atoms with Gasteiger partial charge in [0.05, 0.1) is 5.56 Å². The lowest BCUT2D eigenvalue weighted by molar-refractivity contribution is 0.0617. The van der Waals surface area contributed by atoms with Gasteiger partial charge in [0.25, 0.3) is 5.91 Å². The lowest BCUT2D eigenvalue weighted by Crippen LogP contribution is -2.45. The fourth-order valence-corrected chi connectivity index (χ4v) is 2.99.